The largest absolute Gasteiger partial charge is 0.496 e. The van der Waals surface area contributed by atoms with Crippen molar-refractivity contribution in [3.8, 4) is 17.6 Å². The van der Waals surface area contributed by atoms with E-state index in [4.69, 9.17) is 9.47 Å². The first-order valence-electron chi connectivity index (χ1n) is 13.9. The third-order valence-electron chi connectivity index (χ3n) is 8.16. The van der Waals surface area contributed by atoms with Crippen LogP contribution in [-0.4, -0.2) is 48.7 Å². The lowest BCUT2D eigenvalue weighted by Gasteiger charge is -2.37. The van der Waals surface area contributed by atoms with Crippen molar-refractivity contribution < 1.29 is 29.0 Å². The molecule has 0 heterocycles. The van der Waals surface area contributed by atoms with Crippen LogP contribution in [0.5, 0.6) is 11.5 Å². The van der Waals surface area contributed by atoms with Crippen molar-refractivity contribution in [3.63, 3.8) is 0 Å². The monoisotopic (exact) mass is 541 g/mol. The van der Waals surface area contributed by atoms with E-state index in [0.717, 1.165) is 12.8 Å². The van der Waals surface area contributed by atoms with E-state index in [9.17, 15) is 24.8 Å². The lowest BCUT2D eigenvalue weighted by molar-refractivity contribution is -0.150. The molecule has 1 aromatic rings. The van der Waals surface area contributed by atoms with E-state index in [1.165, 1.54) is 19.2 Å². The van der Waals surface area contributed by atoms with E-state index >= 15 is 0 Å². The van der Waals surface area contributed by atoms with Crippen LogP contribution in [0.3, 0.4) is 0 Å². The summed E-state index contributed by atoms with van der Waals surface area (Å²) in [5.74, 6) is -0.979. The standard InChI is InChI=1S/C30H43N3O6/c1-18-8-7-9-21(26(34)32-17-29(2,3)4)25(18)33-27(35)22-15-23(19(16-31)14-24(22)38-6)39-20-10-12-30(5,13-11-20)28(36)37/h14-15,18,20-21,25H,7-13,17H2,1-6H3,(H,32,34)(H,33,35)(H,36,37)/t18-,20-,21-,25+,30+/m0/s1. The summed E-state index contributed by atoms with van der Waals surface area (Å²) in [5, 5.41) is 25.4. The SMILES string of the molecule is COc1cc(C#N)c(O[C@H]2CC[C@@](C)(C(=O)O)CC2)cc1C(=O)N[C@H]1[C@@H](C(=O)NCC(C)(C)C)CCC[C@@H]1C. The fourth-order valence-corrected chi connectivity index (χ4v) is 5.50. The fourth-order valence-electron chi connectivity index (χ4n) is 5.50. The Hall–Kier alpha value is -3.28. The highest BCUT2D eigenvalue weighted by atomic mass is 16.5. The smallest absolute Gasteiger partial charge is 0.309 e. The van der Waals surface area contributed by atoms with Crippen LogP contribution in [0.15, 0.2) is 12.1 Å². The Kier molecular flexibility index (Phi) is 9.52. The van der Waals surface area contributed by atoms with Crippen molar-refractivity contribution in [1.82, 2.24) is 10.6 Å². The minimum absolute atomic E-state index is 0.0501. The molecule has 2 saturated carbocycles. The molecule has 0 bridgehead atoms. The Morgan fingerprint density at radius 3 is 2.36 bits per heavy atom. The van der Waals surface area contributed by atoms with Crippen LogP contribution in [0.2, 0.25) is 0 Å². The first kappa shape index (κ1) is 30.3. The lowest BCUT2D eigenvalue weighted by Crippen LogP contribution is -2.52. The zero-order valence-corrected chi connectivity index (χ0v) is 24.1. The quantitative estimate of drug-likeness (QED) is 0.435. The Labute approximate surface area is 231 Å². The topological polar surface area (TPSA) is 138 Å². The van der Waals surface area contributed by atoms with Crippen LogP contribution in [0.4, 0.5) is 0 Å². The number of aliphatic carboxylic acids is 1. The third-order valence-corrected chi connectivity index (χ3v) is 8.16. The molecular weight excluding hydrogens is 498 g/mol. The zero-order chi connectivity index (χ0) is 29.0. The molecule has 2 aliphatic carbocycles. The van der Waals surface area contributed by atoms with E-state index in [2.05, 4.69) is 37.5 Å². The molecule has 39 heavy (non-hydrogen) atoms. The van der Waals surface area contributed by atoms with Gasteiger partial charge in [0.2, 0.25) is 5.91 Å². The van der Waals surface area contributed by atoms with Gasteiger partial charge in [-0.05, 0) is 62.8 Å². The molecule has 0 radical (unpaired) electrons. The molecule has 214 valence electrons. The predicted molar refractivity (Wildman–Crippen MR) is 147 cm³/mol. The van der Waals surface area contributed by atoms with Crippen molar-refractivity contribution in [2.45, 2.75) is 91.7 Å². The highest BCUT2D eigenvalue weighted by molar-refractivity contribution is 5.98. The number of nitrogens with zero attached hydrogens (tertiary/aromatic N) is 1. The predicted octanol–water partition coefficient (Wildman–Crippen LogP) is 4.68. The molecule has 0 unspecified atom stereocenters. The summed E-state index contributed by atoms with van der Waals surface area (Å²) < 4.78 is 11.6. The molecule has 0 spiro atoms. The van der Waals surface area contributed by atoms with Crippen molar-refractivity contribution >= 4 is 17.8 Å². The summed E-state index contributed by atoms with van der Waals surface area (Å²) in [6.07, 6.45) is 4.26. The number of carboxylic acid groups (broad SMARTS) is 1. The Morgan fingerprint density at radius 1 is 1.13 bits per heavy atom. The highest BCUT2D eigenvalue weighted by Crippen LogP contribution is 2.39. The summed E-state index contributed by atoms with van der Waals surface area (Å²) in [7, 11) is 1.44. The van der Waals surface area contributed by atoms with Gasteiger partial charge >= 0.3 is 5.97 Å². The van der Waals surface area contributed by atoms with Crippen LogP contribution in [0.25, 0.3) is 0 Å². The van der Waals surface area contributed by atoms with Gasteiger partial charge in [-0.3, -0.25) is 14.4 Å². The van der Waals surface area contributed by atoms with Gasteiger partial charge in [-0.2, -0.15) is 5.26 Å². The number of carboxylic acids is 1. The number of carbonyl (C=O) groups excluding carboxylic acids is 2. The summed E-state index contributed by atoms with van der Waals surface area (Å²) >= 11 is 0. The van der Waals surface area contributed by atoms with Gasteiger partial charge in [-0.25, -0.2) is 0 Å². The van der Waals surface area contributed by atoms with Crippen molar-refractivity contribution in [3.05, 3.63) is 23.3 Å². The van der Waals surface area contributed by atoms with Crippen LogP contribution < -0.4 is 20.1 Å². The van der Waals surface area contributed by atoms with Crippen LogP contribution in [0, 0.1) is 34.0 Å². The van der Waals surface area contributed by atoms with Crippen molar-refractivity contribution in [1.29, 1.82) is 5.26 Å². The zero-order valence-electron chi connectivity index (χ0n) is 24.1. The minimum Gasteiger partial charge on any atom is -0.496 e. The van der Waals surface area contributed by atoms with Gasteiger partial charge < -0.3 is 25.2 Å². The molecule has 3 N–H and O–H groups in total. The first-order chi connectivity index (χ1) is 18.3. The molecule has 3 rings (SSSR count). The van der Waals surface area contributed by atoms with E-state index in [0.29, 0.717) is 38.6 Å². The van der Waals surface area contributed by atoms with Gasteiger partial charge in [0, 0.05) is 18.7 Å². The summed E-state index contributed by atoms with van der Waals surface area (Å²) in [4.78, 5) is 38.3. The molecule has 9 heteroatoms. The van der Waals surface area contributed by atoms with E-state index in [-0.39, 0.29) is 57.9 Å². The fraction of sp³-hybridized carbons (Fsp3) is 0.667. The third kappa shape index (κ3) is 7.43. The summed E-state index contributed by atoms with van der Waals surface area (Å²) in [6, 6.07) is 4.79. The van der Waals surface area contributed by atoms with Gasteiger partial charge in [0.1, 0.15) is 17.6 Å². The maximum Gasteiger partial charge on any atom is 0.309 e. The second-order valence-corrected chi connectivity index (χ2v) is 12.6. The maximum absolute atomic E-state index is 13.6. The van der Waals surface area contributed by atoms with Gasteiger partial charge in [0.25, 0.3) is 5.91 Å². The van der Waals surface area contributed by atoms with Crippen LogP contribution in [0.1, 0.15) is 95.5 Å². The molecule has 3 atom stereocenters. The number of carbonyl (C=O) groups is 3. The number of nitriles is 1. The number of rotatable bonds is 8. The number of ether oxygens (including phenoxy) is 2. The molecule has 0 aliphatic heterocycles. The van der Waals surface area contributed by atoms with Crippen LogP contribution >= 0.6 is 0 Å². The molecule has 2 fully saturated rings. The number of hydrogen-bond acceptors (Lipinski definition) is 6. The molecular formula is C30H43N3O6. The second-order valence-electron chi connectivity index (χ2n) is 12.6. The van der Waals surface area contributed by atoms with Crippen molar-refractivity contribution in [2.24, 2.45) is 22.7 Å². The number of benzene rings is 1. The highest BCUT2D eigenvalue weighted by Gasteiger charge is 2.39. The van der Waals surface area contributed by atoms with E-state index < -0.39 is 17.3 Å². The van der Waals surface area contributed by atoms with E-state index in [1.807, 2.05) is 6.92 Å². The maximum atomic E-state index is 13.6. The number of nitrogens with one attached hydrogen (secondary N) is 2. The molecule has 0 saturated heterocycles. The van der Waals surface area contributed by atoms with E-state index in [1.54, 1.807) is 6.92 Å². The second kappa shape index (κ2) is 12.3. The number of methoxy groups -OCH3 is 1. The normalized spacial score (nSPS) is 27.1. The average molecular weight is 542 g/mol. The number of hydrogen-bond donors (Lipinski definition) is 3. The van der Waals surface area contributed by atoms with Gasteiger partial charge in [0.05, 0.1) is 35.7 Å². The Morgan fingerprint density at radius 2 is 1.79 bits per heavy atom. The lowest BCUT2D eigenvalue weighted by atomic mass is 9.75. The van der Waals surface area contributed by atoms with Crippen molar-refractivity contribution in [2.75, 3.05) is 13.7 Å². The van der Waals surface area contributed by atoms with Crippen LogP contribution in [-0.2, 0) is 9.59 Å². The Balaban J connectivity index is 1.81. The summed E-state index contributed by atoms with van der Waals surface area (Å²) in [6.45, 7) is 10.5. The summed E-state index contributed by atoms with van der Waals surface area (Å²) in [5.41, 5.74) is -0.370. The molecule has 1 aromatic carbocycles. The Bertz CT molecular complexity index is 1110. The molecule has 0 aromatic heterocycles. The van der Waals surface area contributed by atoms with Gasteiger partial charge in [-0.1, -0.05) is 34.1 Å². The van der Waals surface area contributed by atoms with Gasteiger partial charge in [0.15, 0.2) is 0 Å². The molecule has 2 aliphatic rings. The molecule has 2 amide bonds. The first-order valence-corrected chi connectivity index (χ1v) is 13.9. The minimum atomic E-state index is -0.815. The number of amides is 2. The van der Waals surface area contributed by atoms with Gasteiger partial charge in [-0.15, -0.1) is 0 Å². The molecule has 9 nitrogen and oxygen atoms in total. The average Bonchev–Trinajstić information content (AvgIpc) is 2.89.